The van der Waals surface area contributed by atoms with Gasteiger partial charge < -0.3 is 5.32 Å². The van der Waals surface area contributed by atoms with E-state index in [4.69, 9.17) is 0 Å². The highest BCUT2D eigenvalue weighted by Crippen LogP contribution is 2.41. The average Bonchev–Trinajstić information content (AvgIpc) is 3.04. The zero-order valence-electron chi connectivity index (χ0n) is 9.40. The maximum Gasteiger partial charge on any atom is 0.0327 e. The van der Waals surface area contributed by atoms with Gasteiger partial charge in [-0.1, -0.05) is 30.3 Å². The first kappa shape index (κ1) is 11.5. The Morgan fingerprint density at radius 2 is 2.06 bits per heavy atom. The summed E-state index contributed by atoms with van der Waals surface area (Å²) < 4.78 is 1.23. The number of hydrogen-bond donors (Lipinski definition) is 1. The summed E-state index contributed by atoms with van der Waals surface area (Å²) >= 11 is 5.37. The van der Waals surface area contributed by atoms with E-state index in [0.29, 0.717) is 6.04 Å². The smallest absolute Gasteiger partial charge is 0.0327 e. The monoisotopic (exact) mass is 307 g/mol. The van der Waals surface area contributed by atoms with E-state index in [2.05, 4.69) is 63.0 Å². The second-order valence-corrected chi connectivity index (χ2v) is 6.29. The van der Waals surface area contributed by atoms with Crippen LogP contribution in [-0.4, -0.2) is 6.04 Å². The Hall–Kier alpha value is -0.640. The topological polar surface area (TPSA) is 12.0 Å². The van der Waals surface area contributed by atoms with Crippen LogP contribution in [0.5, 0.6) is 0 Å². The van der Waals surface area contributed by atoms with E-state index in [-0.39, 0.29) is 0 Å². The molecule has 17 heavy (non-hydrogen) atoms. The van der Waals surface area contributed by atoms with Gasteiger partial charge in [-0.15, -0.1) is 11.3 Å². The fraction of sp³-hybridized carbons (Fsp3) is 0.286. The van der Waals surface area contributed by atoms with Crippen LogP contribution >= 0.6 is 27.3 Å². The predicted octanol–water partition coefficient (Wildman–Crippen LogP) is 4.16. The molecule has 0 amide bonds. The molecule has 2 atom stereocenters. The van der Waals surface area contributed by atoms with Crippen LogP contribution in [0.15, 0.2) is 46.3 Å². The van der Waals surface area contributed by atoms with Crippen LogP contribution in [0.4, 0.5) is 0 Å². The van der Waals surface area contributed by atoms with Crippen molar-refractivity contribution in [1.82, 2.24) is 5.32 Å². The Bertz CT molecular complexity index is 494. The lowest BCUT2D eigenvalue weighted by molar-refractivity contribution is 0.678. The molecular formula is C14H14BrNS. The molecule has 1 heterocycles. The fourth-order valence-electron chi connectivity index (χ4n) is 2.16. The molecule has 3 heteroatoms. The SMILES string of the molecule is Brc1ccsc1CN[C@H]1CC1c1ccccc1. The molecule has 1 aromatic heterocycles. The maximum atomic E-state index is 3.63. The largest absolute Gasteiger partial charge is 0.308 e. The van der Waals surface area contributed by atoms with Crippen LogP contribution in [-0.2, 0) is 6.54 Å². The highest BCUT2D eigenvalue weighted by Gasteiger charge is 2.37. The van der Waals surface area contributed by atoms with E-state index in [1.807, 2.05) is 0 Å². The molecule has 88 valence electrons. The third-order valence-corrected chi connectivity index (χ3v) is 5.16. The Labute approximate surface area is 114 Å². The molecule has 1 aliphatic carbocycles. The van der Waals surface area contributed by atoms with Crippen LogP contribution in [0, 0.1) is 0 Å². The van der Waals surface area contributed by atoms with Gasteiger partial charge in [-0.25, -0.2) is 0 Å². The number of nitrogens with one attached hydrogen (secondary N) is 1. The Morgan fingerprint density at radius 1 is 1.24 bits per heavy atom. The van der Waals surface area contributed by atoms with E-state index in [1.165, 1.54) is 21.3 Å². The Kier molecular flexibility index (Phi) is 3.32. The molecule has 1 aliphatic rings. The van der Waals surface area contributed by atoms with Crippen LogP contribution in [0.3, 0.4) is 0 Å². The van der Waals surface area contributed by atoms with Gasteiger partial charge in [0.2, 0.25) is 0 Å². The van der Waals surface area contributed by atoms with Crippen molar-refractivity contribution < 1.29 is 0 Å². The fourth-order valence-corrected chi connectivity index (χ4v) is 3.61. The highest BCUT2D eigenvalue weighted by atomic mass is 79.9. The van der Waals surface area contributed by atoms with E-state index in [0.717, 1.165) is 12.5 Å². The van der Waals surface area contributed by atoms with E-state index in [9.17, 15) is 0 Å². The third kappa shape index (κ3) is 2.62. The summed E-state index contributed by atoms with van der Waals surface area (Å²) in [5.74, 6) is 0.718. The van der Waals surface area contributed by atoms with Crippen LogP contribution in [0.1, 0.15) is 22.8 Å². The molecule has 1 fully saturated rings. The number of hydrogen-bond acceptors (Lipinski definition) is 2. The normalized spacial score (nSPS) is 22.6. The molecule has 0 aliphatic heterocycles. The molecule has 0 spiro atoms. The van der Waals surface area contributed by atoms with Gasteiger partial charge in [0.1, 0.15) is 0 Å². The summed E-state index contributed by atoms with van der Waals surface area (Å²) in [7, 11) is 0. The first-order chi connectivity index (χ1) is 8.34. The molecular weight excluding hydrogens is 294 g/mol. The molecule has 1 aromatic carbocycles. The van der Waals surface area contributed by atoms with Gasteiger partial charge in [-0.2, -0.15) is 0 Å². The highest BCUT2D eigenvalue weighted by molar-refractivity contribution is 9.10. The van der Waals surface area contributed by atoms with Crippen LogP contribution in [0.2, 0.25) is 0 Å². The molecule has 1 unspecified atom stereocenters. The van der Waals surface area contributed by atoms with Crippen molar-refractivity contribution in [2.24, 2.45) is 0 Å². The van der Waals surface area contributed by atoms with Crippen molar-refractivity contribution in [3.05, 3.63) is 56.7 Å². The third-order valence-electron chi connectivity index (χ3n) is 3.23. The molecule has 0 radical (unpaired) electrons. The predicted molar refractivity (Wildman–Crippen MR) is 76.4 cm³/mol. The standard InChI is InChI=1S/C14H14BrNS/c15-12-6-7-17-14(12)9-16-13-8-11(13)10-4-2-1-3-5-10/h1-7,11,13,16H,8-9H2/t11?,13-/m0/s1. The van der Waals surface area contributed by atoms with Gasteiger partial charge in [0.05, 0.1) is 0 Å². The summed E-state index contributed by atoms with van der Waals surface area (Å²) in [6.07, 6.45) is 1.27. The molecule has 2 aromatic rings. The second-order valence-electron chi connectivity index (χ2n) is 4.43. The molecule has 0 bridgehead atoms. The summed E-state index contributed by atoms with van der Waals surface area (Å²) in [4.78, 5) is 1.39. The number of benzene rings is 1. The van der Waals surface area contributed by atoms with Gasteiger partial charge in [-0.3, -0.25) is 0 Å². The summed E-state index contributed by atoms with van der Waals surface area (Å²) in [5, 5.41) is 5.76. The molecule has 1 nitrogen and oxygen atoms in total. The number of thiophene rings is 1. The minimum absolute atomic E-state index is 0.659. The van der Waals surface area contributed by atoms with Gasteiger partial charge >= 0.3 is 0 Å². The lowest BCUT2D eigenvalue weighted by Gasteiger charge is -2.03. The number of halogens is 1. The van der Waals surface area contributed by atoms with Gasteiger partial charge in [0.15, 0.2) is 0 Å². The molecule has 1 N–H and O–H groups in total. The minimum atomic E-state index is 0.659. The molecule has 3 rings (SSSR count). The minimum Gasteiger partial charge on any atom is -0.308 e. The second kappa shape index (κ2) is 4.92. The number of rotatable bonds is 4. The van der Waals surface area contributed by atoms with Gasteiger partial charge in [0, 0.05) is 27.9 Å². The van der Waals surface area contributed by atoms with Gasteiger partial charge in [0.25, 0.3) is 0 Å². The molecule has 1 saturated carbocycles. The van der Waals surface area contributed by atoms with Crippen LogP contribution in [0.25, 0.3) is 0 Å². The average molecular weight is 308 g/mol. The maximum absolute atomic E-state index is 3.63. The van der Waals surface area contributed by atoms with Crippen molar-refractivity contribution in [1.29, 1.82) is 0 Å². The summed E-state index contributed by atoms with van der Waals surface area (Å²) in [5.41, 5.74) is 1.47. The Morgan fingerprint density at radius 3 is 2.76 bits per heavy atom. The van der Waals surface area contributed by atoms with Crippen molar-refractivity contribution in [2.75, 3.05) is 0 Å². The van der Waals surface area contributed by atoms with Crippen molar-refractivity contribution >= 4 is 27.3 Å². The lowest BCUT2D eigenvalue weighted by atomic mass is 10.1. The van der Waals surface area contributed by atoms with Crippen LogP contribution < -0.4 is 5.32 Å². The van der Waals surface area contributed by atoms with Crippen molar-refractivity contribution in [2.45, 2.75) is 24.9 Å². The zero-order chi connectivity index (χ0) is 11.7. The van der Waals surface area contributed by atoms with Crippen molar-refractivity contribution in [3.63, 3.8) is 0 Å². The van der Waals surface area contributed by atoms with E-state index in [1.54, 1.807) is 11.3 Å². The quantitative estimate of drug-likeness (QED) is 0.894. The lowest BCUT2D eigenvalue weighted by Crippen LogP contribution is -2.16. The van der Waals surface area contributed by atoms with Gasteiger partial charge in [-0.05, 0) is 39.4 Å². The molecule has 0 saturated heterocycles. The van der Waals surface area contributed by atoms with Crippen molar-refractivity contribution in [3.8, 4) is 0 Å². The summed E-state index contributed by atoms with van der Waals surface area (Å²) in [6, 6.07) is 13.6. The van der Waals surface area contributed by atoms with E-state index >= 15 is 0 Å². The first-order valence-corrected chi connectivity index (χ1v) is 7.52. The van der Waals surface area contributed by atoms with E-state index < -0.39 is 0 Å². The summed E-state index contributed by atoms with van der Waals surface area (Å²) in [6.45, 7) is 0.978. The first-order valence-electron chi connectivity index (χ1n) is 5.85. The Balaban J connectivity index is 1.55. The zero-order valence-corrected chi connectivity index (χ0v) is 11.8.